The Labute approximate surface area is 163 Å². The zero-order chi connectivity index (χ0) is 19.4. The number of methoxy groups -OCH3 is 1. The second kappa shape index (κ2) is 8.37. The van der Waals surface area contributed by atoms with Gasteiger partial charge in [0.25, 0.3) is 5.91 Å². The van der Waals surface area contributed by atoms with Crippen molar-refractivity contribution in [2.45, 2.75) is 19.4 Å². The first-order valence-electron chi connectivity index (χ1n) is 8.75. The molecule has 1 aromatic carbocycles. The lowest BCUT2D eigenvalue weighted by atomic mass is 10.0. The van der Waals surface area contributed by atoms with Gasteiger partial charge in [0.15, 0.2) is 5.06 Å². The predicted molar refractivity (Wildman–Crippen MR) is 108 cm³/mol. The van der Waals surface area contributed by atoms with Crippen LogP contribution in [-0.2, 0) is 13.5 Å². The first kappa shape index (κ1) is 19.1. The molecule has 27 heavy (non-hydrogen) atoms. The molecule has 6 nitrogen and oxygen atoms in total. The lowest BCUT2D eigenvalue weighted by Gasteiger charge is -2.17. The molecule has 0 bridgehead atoms. The third-order valence-electron chi connectivity index (χ3n) is 4.55. The number of hydrogen-bond acceptors (Lipinski definition) is 5. The number of thiophene rings is 1. The Kier molecular flexibility index (Phi) is 5.93. The van der Waals surface area contributed by atoms with E-state index >= 15 is 0 Å². The summed E-state index contributed by atoms with van der Waals surface area (Å²) in [5, 5.41) is 7.93. The summed E-state index contributed by atoms with van der Waals surface area (Å²) < 4.78 is 7.23. The van der Waals surface area contributed by atoms with Crippen molar-refractivity contribution in [3.05, 3.63) is 58.6 Å². The van der Waals surface area contributed by atoms with Crippen LogP contribution in [0, 0.1) is 6.92 Å². The van der Waals surface area contributed by atoms with E-state index in [0.717, 1.165) is 11.3 Å². The van der Waals surface area contributed by atoms with Gasteiger partial charge in [0, 0.05) is 25.8 Å². The van der Waals surface area contributed by atoms with E-state index in [9.17, 15) is 4.79 Å². The van der Waals surface area contributed by atoms with Gasteiger partial charge in [-0.15, -0.1) is 0 Å². The number of amides is 1. The predicted octanol–water partition coefficient (Wildman–Crippen LogP) is 2.77. The maximum atomic E-state index is 12.8. The van der Waals surface area contributed by atoms with E-state index in [1.54, 1.807) is 18.0 Å². The van der Waals surface area contributed by atoms with Crippen molar-refractivity contribution in [1.29, 1.82) is 0 Å². The molecule has 0 spiro atoms. The zero-order valence-corrected chi connectivity index (χ0v) is 16.5. The zero-order valence-electron chi connectivity index (χ0n) is 15.7. The van der Waals surface area contributed by atoms with Crippen molar-refractivity contribution in [3.8, 4) is 16.3 Å². The van der Waals surface area contributed by atoms with Gasteiger partial charge in [0.05, 0.1) is 23.2 Å². The van der Waals surface area contributed by atoms with Crippen molar-refractivity contribution in [2.75, 3.05) is 13.7 Å². The van der Waals surface area contributed by atoms with Gasteiger partial charge in [-0.1, -0.05) is 35.6 Å². The van der Waals surface area contributed by atoms with E-state index in [-0.39, 0.29) is 11.9 Å². The summed E-state index contributed by atoms with van der Waals surface area (Å²) in [6.07, 6.45) is 2.42. The average molecular weight is 385 g/mol. The van der Waals surface area contributed by atoms with Crippen LogP contribution in [0.15, 0.2) is 42.6 Å². The van der Waals surface area contributed by atoms with Gasteiger partial charge in [-0.3, -0.25) is 9.48 Å². The minimum Gasteiger partial charge on any atom is -0.487 e. The number of ether oxygens (including phenoxy) is 1. The minimum atomic E-state index is -0.143. The summed E-state index contributed by atoms with van der Waals surface area (Å²) >= 11 is 1.32. The molecule has 3 N–H and O–H groups in total. The molecule has 2 aromatic heterocycles. The maximum absolute atomic E-state index is 12.8. The molecule has 0 aliphatic carbocycles. The molecule has 1 amide bonds. The van der Waals surface area contributed by atoms with Gasteiger partial charge < -0.3 is 15.8 Å². The quantitative estimate of drug-likeness (QED) is 0.656. The summed E-state index contributed by atoms with van der Waals surface area (Å²) in [6.45, 7) is 2.44. The Hall–Kier alpha value is -2.64. The number of carbonyl (C=O) groups is 1. The number of nitrogens with two attached hydrogens (primary N) is 1. The Balaban J connectivity index is 1.78. The summed E-state index contributed by atoms with van der Waals surface area (Å²) in [6, 6.07) is 11.7. The second-order valence-electron chi connectivity index (χ2n) is 6.39. The molecule has 2 heterocycles. The molecule has 3 rings (SSSR count). The van der Waals surface area contributed by atoms with Crippen LogP contribution in [-0.4, -0.2) is 35.4 Å². The van der Waals surface area contributed by atoms with E-state index in [1.165, 1.54) is 22.5 Å². The highest BCUT2D eigenvalue weighted by molar-refractivity contribution is 7.16. The second-order valence-corrected chi connectivity index (χ2v) is 7.41. The summed E-state index contributed by atoms with van der Waals surface area (Å²) in [5.41, 5.74) is 10.0. The van der Waals surface area contributed by atoms with Crippen LogP contribution < -0.4 is 15.8 Å². The molecule has 7 heteroatoms. The highest BCUT2D eigenvalue weighted by atomic mass is 32.1. The fourth-order valence-electron chi connectivity index (χ4n) is 3.01. The third-order valence-corrected chi connectivity index (χ3v) is 5.65. The van der Waals surface area contributed by atoms with Gasteiger partial charge in [0.2, 0.25) is 0 Å². The largest absolute Gasteiger partial charge is 0.487 e. The minimum absolute atomic E-state index is 0.133. The maximum Gasteiger partial charge on any atom is 0.261 e. The Morgan fingerprint density at radius 1 is 1.37 bits per heavy atom. The van der Waals surface area contributed by atoms with Crippen molar-refractivity contribution >= 4 is 17.2 Å². The van der Waals surface area contributed by atoms with Gasteiger partial charge in [0.1, 0.15) is 0 Å². The van der Waals surface area contributed by atoms with Gasteiger partial charge >= 0.3 is 0 Å². The van der Waals surface area contributed by atoms with Crippen LogP contribution in [0.25, 0.3) is 11.3 Å². The molecule has 0 radical (unpaired) electrons. The van der Waals surface area contributed by atoms with Crippen LogP contribution in [0.3, 0.4) is 0 Å². The van der Waals surface area contributed by atoms with Crippen LogP contribution in [0.1, 0.15) is 20.8 Å². The number of aryl methyl sites for hydroxylation is 2. The molecule has 0 aliphatic heterocycles. The summed E-state index contributed by atoms with van der Waals surface area (Å²) in [7, 11) is 3.47. The number of nitrogens with one attached hydrogen (secondary N) is 1. The molecule has 1 atom stereocenters. The number of benzene rings is 1. The molecule has 0 aliphatic rings. The highest BCUT2D eigenvalue weighted by Crippen LogP contribution is 2.37. The molecular formula is C20H24N4O2S. The van der Waals surface area contributed by atoms with Crippen molar-refractivity contribution in [2.24, 2.45) is 12.8 Å². The number of aromatic nitrogens is 2. The Bertz CT molecular complexity index is 932. The number of hydrogen-bond donors (Lipinski definition) is 2. The number of nitrogens with zero attached hydrogens (tertiary/aromatic N) is 2. The first-order chi connectivity index (χ1) is 13.0. The molecule has 142 valence electrons. The van der Waals surface area contributed by atoms with E-state index in [4.69, 9.17) is 10.5 Å². The standard InChI is InChI=1S/C20H24N4O2S/c1-13-6-4-5-7-14(13)10-15(12-21)23-19(25)18-11-16(20(26-3)27-18)17-8-9-22-24(17)2/h4-9,11,15H,10,12,21H2,1-3H3,(H,23,25)/t15-/m0/s1. The average Bonchev–Trinajstić information content (AvgIpc) is 3.28. The molecule has 3 aromatic rings. The van der Waals surface area contributed by atoms with Gasteiger partial charge in [-0.05, 0) is 36.6 Å². The SMILES string of the molecule is COc1sc(C(=O)N[C@H](CN)Cc2ccccc2C)cc1-c1ccnn1C. The van der Waals surface area contributed by atoms with E-state index < -0.39 is 0 Å². The Morgan fingerprint density at radius 3 is 2.78 bits per heavy atom. The van der Waals surface area contributed by atoms with Crippen LogP contribution in [0.5, 0.6) is 5.06 Å². The fraction of sp³-hybridized carbons (Fsp3) is 0.300. The lowest BCUT2D eigenvalue weighted by Crippen LogP contribution is -2.41. The van der Waals surface area contributed by atoms with Crippen LogP contribution in [0.4, 0.5) is 0 Å². The number of carbonyl (C=O) groups excluding carboxylic acids is 1. The fourth-order valence-corrected chi connectivity index (χ4v) is 3.89. The summed E-state index contributed by atoms with van der Waals surface area (Å²) in [4.78, 5) is 13.4. The van der Waals surface area contributed by atoms with Crippen molar-refractivity contribution in [1.82, 2.24) is 15.1 Å². The van der Waals surface area contributed by atoms with E-state index in [2.05, 4.69) is 29.5 Å². The van der Waals surface area contributed by atoms with Gasteiger partial charge in [-0.25, -0.2) is 0 Å². The molecule has 0 saturated heterocycles. The van der Waals surface area contributed by atoms with E-state index in [0.29, 0.717) is 22.9 Å². The van der Waals surface area contributed by atoms with Crippen LogP contribution >= 0.6 is 11.3 Å². The molecule has 0 saturated carbocycles. The number of rotatable bonds is 7. The highest BCUT2D eigenvalue weighted by Gasteiger charge is 2.20. The third kappa shape index (κ3) is 4.20. The first-order valence-corrected chi connectivity index (χ1v) is 9.56. The summed E-state index contributed by atoms with van der Waals surface area (Å²) in [5.74, 6) is -0.143. The van der Waals surface area contributed by atoms with E-state index in [1.807, 2.05) is 31.3 Å². The topological polar surface area (TPSA) is 82.2 Å². The molecule has 0 unspecified atom stereocenters. The Morgan fingerprint density at radius 2 is 2.15 bits per heavy atom. The van der Waals surface area contributed by atoms with Gasteiger partial charge in [-0.2, -0.15) is 5.10 Å². The monoisotopic (exact) mass is 384 g/mol. The van der Waals surface area contributed by atoms with Crippen molar-refractivity contribution < 1.29 is 9.53 Å². The van der Waals surface area contributed by atoms with Crippen molar-refractivity contribution in [3.63, 3.8) is 0 Å². The molecule has 0 fully saturated rings. The normalized spacial score (nSPS) is 12.0. The lowest BCUT2D eigenvalue weighted by molar-refractivity contribution is 0.0942. The van der Waals surface area contributed by atoms with Crippen LogP contribution in [0.2, 0.25) is 0 Å². The smallest absolute Gasteiger partial charge is 0.261 e. The molecular weight excluding hydrogens is 360 g/mol.